The molecule has 0 radical (unpaired) electrons. The van der Waals surface area contributed by atoms with Crippen LogP contribution in [0.1, 0.15) is 6.42 Å². The fourth-order valence-electron chi connectivity index (χ4n) is 1.54. The van der Waals surface area contributed by atoms with Gasteiger partial charge >= 0.3 is 0 Å². The Balaban J connectivity index is 1.79. The molecular formula is C11H17N5O3. The number of rotatable bonds is 8. The van der Waals surface area contributed by atoms with Crippen LogP contribution in [0.25, 0.3) is 11.0 Å². The van der Waals surface area contributed by atoms with E-state index in [4.69, 9.17) is 19.9 Å². The zero-order valence-corrected chi connectivity index (χ0v) is 10.8. The van der Waals surface area contributed by atoms with Crippen LogP contribution in [0.2, 0.25) is 0 Å². The van der Waals surface area contributed by atoms with E-state index in [0.717, 1.165) is 6.42 Å². The number of anilines is 1. The standard InChI is InChI=1S/C11H17N5O3/c1-17-3-2-4-18-5-6-19-10-8-7-13-16-9(8)14-11(12)15-10/h7H,2-6H2,1H3,(H3,12,13,14,15,16). The highest BCUT2D eigenvalue weighted by atomic mass is 16.5. The molecule has 2 aromatic rings. The van der Waals surface area contributed by atoms with E-state index in [-0.39, 0.29) is 5.95 Å². The van der Waals surface area contributed by atoms with Crippen molar-refractivity contribution in [2.75, 3.05) is 39.3 Å². The molecule has 0 unspecified atom stereocenters. The molecule has 0 spiro atoms. The fourth-order valence-corrected chi connectivity index (χ4v) is 1.54. The van der Waals surface area contributed by atoms with Crippen LogP contribution >= 0.6 is 0 Å². The predicted molar refractivity (Wildman–Crippen MR) is 68.9 cm³/mol. The second kappa shape index (κ2) is 6.86. The lowest BCUT2D eigenvalue weighted by atomic mass is 10.4. The molecule has 0 aliphatic heterocycles. The Morgan fingerprint density at radius 2 is 2.11 bits per heavy atom. The summed E-state index contributed by atoms with van der Waals surface area (Å²) in [6, 6.07) is 0. The highest BCUT2D eigenvalue weighted by Crippen LogP contribution is 2.20. The Kier molecular flexibility index (Phi) is 4.87. The fraction of sp³-hybridized carbons (Fsp3) is 0.545. The molecule has 8 nitrogen and oxygen atoms in total. The zero-order chi connectivity index (χ0) is 13.5. The number of H-pyrrole nitrogens is 1. The zero-order valence-electron chi connectivity index (χ0n) is 10.8. The van der Waals surface area contributed by atoms with E-state index in [2.05, 4.69) is 20.2 Å². The molecule has 2 aromatic heterocycles. The number of aromatic amines is 1. The molecule has 0 saturated heterocycles. The lowest BCUT2D eigenvalue weighted by Crippen LogP contribution is -2.10. The Labute approximate surface area is 110 Å². The van der Waals surface area contributed by atoms with E-state index in [1.165, 1.54) is 0 Å². The minimum Gasteiger partial charge on any atom is -0.475 e. The number of nitrogens with one attached hydrogen (secondary N) is 1. The average molecular weight is 267 g/mol. The Morgan fingerprint density at radius 3 is 2.95 bits per heavy atom. The largest absolute Gasteiger partial charge is 0.475 e. The van der Waals surface area contributed by atoms with Crippen LogP contribution in [-0.4, -0.2) is 53.7 Å². The van der Waals surface area contributed by atoms with Crippen LogP contribution in [0.3, 0.4) is 0 Å². The number of methoxy groups -OCH3 is 1. The first-order chi connectivity index (χ1) is 9.31. The molecule has 0 amide bonds. The molecule has 0 bridgehead atoms. The molecule has 0 saturated carbocycles. The van der Waals surface area contributed by atoms with Crippen LogP contribution in [-0.2, 0) is 9.47 Å². The van der Waals surface area contributed by atoms with Crippen molar-refractivity contribution in [3.8, 4) is 5.88 Å². The maximum Gasteiger partial charge on any atom is 0.229 e. The second-order valence-corrected chi connectivity index (χ2v) is 3.83. The van der Waals surface area contributed by atoms with Gasteiger partial charge in [-0.05, 0) is 6.42 Å². The molecule has 3 N–H and O–H groups in total. The minimum atomic E-state index is 0.146. The second-order valence-electron chi connectivity index (χ2n) is 3.83. The van der Waals surface area contributed by atoms with Crippen LogP contribution in [0.4, 0.5) is 5.95 Å². The first-order valence-corrected chi connectivity index (χ1v) is 5.97. The summed E-state index contributed by atoms with van der Waals surface area (Å²) in [4.78, 5) is 8.03. The van der Waals surface area contributed by atoms with Crippen molar-refractivity contribution in [2.45, 2.75) is 6.42 Å². The molecule has 8 heteroatoms. The molecule has 0 atom stereocenters. The van der Waals surface area contributed by atoms with E-state index < -0.39 is 0 Å². The summed E-state index contributed by atoms with van der Waals surface area (Å²) in [7, 11) is 1.67. The van der Waals surface area contributed by atoms with Crippen molar-refractivity contribution < 1.29 is 14.2 Å². The molecule has 2 rings (SSSR count). The SMILES string of the molecule is COCCCOCCOc1nc(N)nc2[nH]ncc12. The van der Waals surface area contributed by atoms with Gasteiger partial charge in [0.2, 0.25) is 11.8 Å². The van der Waals surface area contributed by atoms with Gasteiger partial charge in [-0.1, -0.05) is 0 Å². The molecule has 0 aliphatic rings. The third kappa shape index (κ3) is 3.76. The van der Waals surface area contributed by atoms with E-state index in [9.17, 15) is 0 Å². The summed E-state index contributed by atoms with van der Waals surface area (Å²) in [5.41, 5.74) is 6.13. The number of nitrogens with two attached hydrogens (primary N) is 1. The summed E-state index contributed by atoms with van der Waals surface area (Å²) < 4.78 is 15.8. The normalized spacial score (nSPS) is 11.0. The third-order valence-corrected chi connectivity index (χ3v) is 2.40. The van der Waals surface area contributed by atoms with Crippen LogP contribution in [0.5, 0.6) is 5.88 Å². The lowest BCUT2D eigenvalue weighted by Gasteiger charge is -2.07. The van der Waals surface area contributed by atoms with Crippen molar-refractivity contribution in [1.82, 2.24) is 20.2 Å². The first kappa shape index (κ1) is 13.5. The number of ether oxygens (including phenoxy) is 3. The van der Waals surface area contributed by atoms with E-state index in [0.29, 0.717) is 43.3 Å². The first-order valence-electron chi connectivity index (χ1n) is 5.97. The van der Waals surface area contributed by atoms with Gasteiger partial charge in [0, 0.05) is 20.3 Å². The minimum absolute atomic E-state index is 0.146. The molecule has 104 valence electrons. The molecule has 0 aliphatic carbocycles. The summed E-state index contributed by atoms with van der Waals surface area (Å²) in [5, 5.41) is 7.29. The van der Waals surface area contributed by atoms with E-state index in [1.54, 1.807) is 13.3 Å². The maximum atomic E-state index is 5.57. The topological polar surface area (TPSA) is 108 Å². The third-order valence-electron chi connectivity index (χ3n) is 2.40. The van der Waals surface area contributed by atoms with Crippen molar-refractivity contribution in [3.63, 3.8) is 0 Å². The molecule has 0 aromatic carbocycles. The Hall–Kier alpha value is -1.93. The van der Waals surface area contributed by atoms with Crippen molar-refractivity contribution >= 4 is 17.0 Å². The van der Waals surface area contributed by atoms with Gasteiger partial charge in [0.05, 0.1) is 12.8 Å². The summed E-state index contributed by atoms with van der Waals surface area (Å²) in [6.45, 7) is 2.21. The maximum absolute atomic E-state index is 5.57. The number of hydrogen-bond donors (Lipinski definition) is 2. The molecular weight excluding hydrogens is 250 g/mol. The molecule has 0 fully saturated rings. The summed E-state index contributed by atoms with van der Waals surface area (Å²) >= 11 is 0. The van der Waals surface area contributed by atoms with Crippen molar-refractivity contribution in [1.29, 1.82) is 0 Å². The van der Waals surface area contributed by atoms with Crippen LogP contribution in [0.15, 0.2) is 6.20 Å². The Morgan fingerprint density at radius 1 is 1.21 bits per heavy atom. The van der Waals surface area contributed by atoms with Crippen LogP contribution in [0, 0.1) is 0 Å². The average Bonchev–Trinajstić information content (AvgIpc) is 2.85. The lowest BCUT2D eigenvalue weighted by molar-refractivity contribution is 0.0800. The van der Waals surface area contributed by atoms with E-state index in [1.807, 2.05) is 0 Å². The van der Waals surface area contributed by atoms with Crippen molar-refractivity contribution in [3.05, 3.63) is 6.20 Å². The van der Waals surface area contributed by atoms with Gasteiger partial charge in [-0.3, -0.25) is 5.10 Å². The van der Waals surface area contributed by atoms with Gasteiger partial charge < -0.3 is 19.9 Å². The van der Waals surface area contributed by atoms with Gasteiger partial charge in [-0.15, -0.1) is 0 Å². The van der Waals surface area contributed by atoms with E-state index >= 15 is 0 Å². The number of hydrogen-bond acceptors (Lipinski definition) is 7. The van der Waals surface area contributed by atoms with Gasteiger partial charge in [-0.2, -0.15) is 15.1 Å². The van der Waals surface area contributed by atoms with Gasteiger partial charge in [-0.25, -0.2) is 0 Å². The monoisotopic (exact) mass is 267 g/mol. The van der Waals surface area contributed by atoms with Gasteiger partial charge in [0.15, 0.2) is 5.65 Å². The van der Waals surface area contributed by atoms with Gasteiger partial charge in [0.25, 0.3) is 0 Å². The van der Waals surface area contributed by atoms with Crippen molar-refractivity contribution in [2.24, 2.45) is 0 Å². The quantitative estimate of drug-likeness (QED) is 0.665. The highest BCUT2D eigenvalue weighted by molar-refractivity contribution is 5.80. The number of fused-ring (bicyclic) bond motifs is 1. The molecule has 19 heavy (non-hydrogen) atoms. The number of nitrogens with zero attached hydrogens (tertiary/aromatic N) is 3. The smallest absolute Gasteiger partial charge is 0.229 e. The summed E-state index contributed by atoms with van der Waals surface area (Å²) in [5.74, 6) is 0.560. The predicted octanol–water partition coefficient (Wildman–Crippen LogP) is 0.367. The number of nitrogen functional groups attached to an aromatic ring is 1. The molecule has 2 heterocycles. The summed E-state index contributed by atoms with van der Waals surface area (Å²) in [6.07, 6.45) is 2.46. The van der Waals surface area contributed by atoms with Gasteiger partial charge in [0.1, 0.15) is 12.0 Å². The Bertz CT molecular complexity index is 516. The van der Waals surface area contributed by atoms with Crippen LogP contribution < -0.4 is 10.5 Å². The highest BCUT2D eigenvalue weighted by Gasteiger charge is 2.08. The number of aromatic nitrogens is 4.